The number of hydrogen-bond acceptors (Lipinski definition) is 5. The number of aryl methyl sites for hydroxylation is 1. The van der Waals surface area contributed by atoms with Gasteiger partial charge in [0.1, 0.15) is 11.6 Å². The maximum Gasteiger partial charge on any atom is 0.238 e. The molecule has 0 aliphatic carbocycles. The first-order valence-electron chi connectivity index (χ1n) is 6.39. The lowest BCUT2D eigenvalue weighted by Gasteiger charge is -2.15. The molecule has 1 amide bonds. The summed E-state index contributed by atoms with van der Waals surface area (Å²) in [4.78, 5) is 13.7. The predicted molar refractivity (Wildman–Crippen MR) is 77.0 cm³/mol. The van der Waals surface area contributed by atoms with Crippen LogP contribution in [0.25, 0.3) is 0 Å². The normalized spacial score (nSPS) is 10.9. The zero-order chi connectivity index (χ0) is 15.4. The fraction of sp³-hybridized carbons (Fsp3) is 0.286. The second-order valence-electron chi connectivity index (χ2n) is 4.88. The quantitative estimate of drug-likeness (QED) is 0.821. The molecule has 112 valence electrons. The number of carbonyl (C=O) groups excluding carboxylic acids is 1. The highest BCUT2D eigenvalue weighted by atomic mass is 19.1. The Morgan fingerprint density at radius 2 is 2.24 bits per heavy atom. The molecule has 0 fully saturated rings. The fourth-order valence-electron chi connectivity index (χ4n) is 1.91. The Labute approximate surface area is 121 Å². The van der Waals surface area contributed by atoms with E-state index in [-0.39, 0.29) is 18.1 Å². The maximum absolute atomic E-state index is 12.9. The molecular formula is C14H17FN4O2. The second kappa shape index (κ2) is 6.36. The Morgan fingerprint density at radius 1 is 1.48 bits per heavy atom. The summed E-state index contributed by atoms with van der Waals surface area (Å²) in [6, 6.07) is 5.65. The van der Waals surface area contributed by atoms with E-state index >= 15 is 0 Å². The Kier molecular flexibility index (Phi) is 4.54. The second-order valence-corrected chi connectivity index (χ2v) is 4.88. The maximum atomic E-state index is 12.9. The first kappa shape index (κ1) is 15.0. The SMILES string of the molecule is Cc1cc(CN(C)CC(=O)Nc2ccc(F)cc2N)no1. The molecule has 1 aromatic carbocycles. The number of nitrogens with two attached hydrogens (primary N) is 1. The van der Waals surface area contributed by atoms with E-state index in [0.717, 1.165) is 17.5 Å². The molecule has 2 rings (SSSR count). The van der Waals surface area contributed by atoms with Crippen molar-refractivity contribution in [1.29, 1.82) is 0 Å². The van der Waals surface area contributed by atoms with Gasteiger partial charge in [0.25, 0.3) is 0 Å². The minimum atomic E-state index is -0.441. The van der Waals surface area contributed by atoms with Crippen LogP contribution in [0.5, 0.6) is 0 Å². The number of aromatic nitrogens is 1. The molecule has 6 nitrogen and oxygen atoms in total. The number of nitrogen functional groups attached to an aromatic ring is 1. The summed E-state index contributed by atoms with van der Waals surface area (Å²) in [7, 11) is 1.79. The molecule has 7 heteroatoms. The summed E-state index contributed by atoms with van der Waals surface area (Å²) in [6.45, 7) is 2.45. The monoisotopic (exact) mass is 292 g/mol. The van der Waals surface area contributed by atoms with Gasteiger partial charge in [-0.05, 0) is 32.2 Å². The Morgan fingerprint density at radius 3 is 2.86 bits per heavy atom. The molecule has 2 aromatic rings. The van der Waals surface area contributed by atoms with Gasteiger partial charge in [-0.2, -0.15) is 0 Å². The summed E-state index contributed by atoms with van der Waals surface area (Å²) in [5, 5.41) is 6.50. The Bertz CT molecular complexity index is 642. The molecule has 1 aromatic heterocycles. The van der Waals surface area contributed by atoms with E-state index in [0.29, 0.717) is 12.2 Å². The van der Waals surface area contributed by atoms with Crippen molar-refractivity contribution in [2.24, 2.45) is 0 Å². The van der Waals surface area contributed by atoms with E-state index < -0.39 is 5.82 Å². The Balaban J connectivity index is 1.89. The highest BCUT2D eigenvalue weighted by Crippen LogP contribution is 2.18. The zero-order valence-electron chi connectivity index (χ0n) is 11.9. The van der Waals surface area contributed by atoms with Crippen molar-refractivity contribution >= 4 is 17.3 Å². The largest absolute Gasteiger partial charge is 0.397 e. The van der Waals surface area contributed by atoms with Crippen LogP contribution in [-0.4, -0.2) is 29.6 Å². The number of halogens is 1. The first-order valence-corrected chi connectivity index (χ1v) is 6.39. The average molecular weight is 292 g/mol. The smallest absolute Gasteiger partial charge is 0.238 e. The first-order chi connectivity index (χ1) is 9.94. The summed E-state index contributed by atoms with van der Waals surface area (Å²) < 4.78 is 17.9. The highest BCUT2D eigenvalue weighted by Gasteiger charge is 2.11. The van der Waals surface area contributed by atoms with Crippen molar-refractivity contribution < 1.29 is 13.7 Å². The van der Waals surface area contributed by atoms with E-state index in [9.17, 15) is 9.18 Å². The Hall–Kier alpha value is -2.41. The van der Waals surface area contributed by atoms with Gasteiger partial charge in [0.15, 0.2) is 0 Å². The number of carbonyl (C=O) groups is 1. The van der Waals surface area contributed by atoms with E-state index in [1.807, 2.05) is 6.07 Å². The highest BCUT2D eigenvalue weighted by molar-refractivity contribution is 5.95. The number of benzene rings is 1. The third-order valence-corrected chi connectivity index (χ3v) is 2.81. The number of nitrogens with zero attached hydrogens (tertiary/aromatic N) is 2. The molecule has 1 heterocycles. The van der Waals surface area contributed by atoms with Gasteiger partial charge in [-0.15, -0.1) is 0 Å². The van der Waals surface area contributed by atoms with Crippen LogP contribution in [-0.2, 0) is 11.3 Å². The molecule has 21 heavy (non-hydrogen) atoms. The molecule has 0 atom stereocenters. The molecule has 0 aliphatic rings. The minimum absolute atomic E-state index is 0.155. The summed E-state index contributed by atoms with van der Waals surface area (Å²) >= 11 is 0. The summed E-state index contributed by atoms with van der Waals surface area (Å²) in [5.74, 6) is 0.0435. The third-order valence-electron chi connectivity index (χ3n) is 2.81. The van der Waals surface area contributed by atoms with Crippen molar-refractivity contribution in [2.45, 2.75) is 13.5 Å². The van der Waals surface area contributed by atoms with Crippen molar-refractivity contribution in [3.8, 4) is 0 Å². The van der Waals surface area contributed by atoms with Crippen LogP contribution in [0.4, 0.5) is 15.8 Å². The van der Waals surface area contributed by atoms with Crippen LogP contribution in [0, 0.1) is 12.7 Å². The van der Waals surface area contributed by atoms with Gasteiger partial charge in [-0.1, -0.05) is 5.16 Å². The molecule has 0 aliphatic heterocycles. The van der Waals surface area contributed by atoms with Crippen LogP contribution >= 0.6 is 0 Å². The van der Waals surface area contributed by atoms with E-state index in [1.165, 1.54) is 12.1 Å². The molecule has 3 N–H and O–H groups in total. The van der Waals surface area contributed by atoms with E-state index in [2.05, 4.69) is 10.5 Å². The minimum Gasteiger partial charge on any atom is -0.397 e. The van der Waals surface area contributed by atoms with Crippen LogP contribution in [0.3, 0.4) is 0 Å². The van der Waals surface area contributed by atoms with E-state index in [1.54, 1.807) is 18.9 Å². The number of amides is 1. The lowest BCUT2D eigenvalue weighted by molar-refractivity contribution is -0.117. The molecule has 0 bridgehead atoms. The number of rotatable bonds is 5. The van der Waals surface area contributed by atoms with Gasteiger partial charge in [0.05, 0.1) is 23.6 Å². The standard InChI is InChI=1S/C14H17FN4O2/c1-9-5-11(18-21-9)7-19(2)8-14(20)17-13-4-3-10(15)6-12(13)16/h3-6H,7-8,16H2,1-2H3,(H,17,20). The lowest BCUT2D eigenvalue weighted by Crippen LogP contribution is -2.30. The third kappa shape index (κ3) is 4.28. The van der Waals surface area contributed by atoms with Crippen molar-refractivity contribution in [2.75, 3.05) is 24.6 Å². The number of anilines is 2. The van der Waals surface area contributed by atoms with Gasteiger partial charge in [0, 0.05) is 12.6 Å². The fourth-order valence-corrected chi connectivity index (χ4v) is 1.91. The lowest BCUT2D eigenvalue weighted by atomic mass is 10.2. The molecule has 0 spiro atoms. The van der Waals surface area contributed by atoms with Crippen molar-refractivity contribution in [3.05, 3.63) is 41.5 Å². The van der Waals surface area contributed by atoms with Crippen molar-refractivity contribution in [1.82, 2.24) is 10.1 Å². The van der Waals surface area contributed by atoms with Crippen LogP contribution in [0.15, 0.2) is 28.8 Å². The average Bonchev–Trinajstić information content (AvgIpc) is 2.78. The molecule has 0 radical (unpaired) electrons. The van der Waals surface area contributed by atoms with Gasteiger partial charge >= 0.3 is 0 Å². The van der Waals surface area contributed by atoms with Crippen LogP contribution in [0.1, 0.15) is 11.5 Å². The number of hydrogen-bond donors (Lipinski definition) is 2. The molecule has 0 saturated carbocycles. The van der Waals surface area contributed by atoms with Gasteiger partial charge in [-0.3, -0.25) is 9.69 Å². The van der Waals surface area contributed by atoms with E-state index in [4.69, 9.17) is 10.3 Å². The summed E-state index contributed by atoms with van der Waals surface area (Å²) in [6.07, 6.45) is 0. The van der Waals surface area contributed by atoms with Crippen LogP contribution < -0.4 is 11.1 Å². The predicted octanol–water partition coefficient (Wildman–Crippen LogP) is 1.77. The topological polar surface area (TPSA) is 84.4 Å². The van der Waals surface area contributed by atoms with Crippen molar-refractivity contribution in [3.63, 3.8) is 0 Å². The summed E-state index contributed by atoms with van der Waals surface area (Å²) in [5.41, 5.74) is 6.98. The number of nitrogens with one attached hydrogen (secondary N) is 1. The zero-order valence-corrected chi connectivity index (χ0v) is 11.9. The van der Waals surface area contributed by atoms with Gasteiger partial charge < -0.3 is 15.6 Å². The van der Waals surface area contributed by atoms with Crippen LogP contribution in [0.2, 0.25) is 0 Å². The van der Waals surface area contributed by atoms with Gasteiger partial charge in [-0.25, -0.2) is 4.39 Å². The number of likely N-dealkylation sites (N-methyl/N-ethyl adjacent to an activating group) is 1. The molecular weight excluding hydrogens is 275 g/mol. The van der Waals surface area contributed by atoms with Gasteiger partial charge in [0.2, 0.25) is 5.91 Å². The molecule has 0 unspecified atom stereocenters. The molecule has 0 saturated heterocycles.